The normalized spacial score (nSPS) is 12.2. The lowest BCUT2D eigenvalue weighted by Gasteiger charge is -2.20. The molecule has 2 rings (SSSR count). The van der Waals surface area contributed by atoms with E-state index < -0.39 is 0 Å². The Morgan fingerprint density at radius 2 is 2.14 bits per heavy atom. The van der Waals surface area contributed by atoms with Gasteiger partial charge in [0.25, 0.3) is 5.56 Å². The van der Waals surface area contributed by atoms with Gasteiger partial charge in [0.2, 0.25) is 0 Å². The summed E-state index contributed by atoms with van der Waals surface area (Å²) < 4.78 is 6.76. The molecule has 0 spiro atoms. The third kappa shape index (κ3) is 2.93. The van der Waals surface area contributed by atoms with Gasteiger partial charge in [-0.1, -0.05) is 0 Å². The number of aromatic nitrogens is 1. The molecule has 0 aliphatic carbocycles. The first-order chi connectivity index (χ1) is 9.97. The van der Waals surface area contributed by atoms with E-state index in [-0.39, 0.29) is 17.6 Å². The van der Waals surface area contributed by atoms with Crippen LogP contribution in [-0.4, -0.2) is 17.1 Å². The van der Waals surface area contributed by atoms with Gasteiger partial charge in [0, 0.05) is 11.8 Å². The molecule has 0 saturated carbocycles. The SMILES string of the molecule is CCOC(=O)c1c(C)cc(=O)n(C(C)c2ccsc2)c1C. The summed E-state index contributed by atoms with van der Waals surface area (Å²) in [5.41, 5.74) is 2.75. The summed E-state index contributed by atoms with van der Waals surface area (Å²) >= 11 is 1.59. The Kier molecular flexibility index (Phi) is 4.63. The second-order valence-electron chi connectivity index (χ2n) is 4.95. The lowest BCUT2D eigenvalue weighted by Crippen LogP contribution is -2.28. The average Bonchev–Trinajstić information content (AvgIpc) is 2.91. The van der Waals surface area contributed by atoms with Crippen LogP contribution in [0.2, 0.25) is 0 Å². The summed E-state index contributed by atoms with van der Waals surface area (Å²) in [4.78, 5) is 24.5. The van der Waals surface area contributed by atoms with E-state index in [2.05, 4.69) is 0 Å². The highest BCUT2D eigenvalue weighted by Crippen LogP contribution is 2.23. The fourth-order valence-corrected chi connectivity index (χ4v) is 3.30. The van der Waals surface area contributed by atoms with Crippen molar-refractivity contribution in [3.63, 3.8) is 0 Å². The molecule has 0 fully saturated rings. The zero-order valence-electron chi connectivity index (χ0n) is 12.7. The Hall–Kier alpha value is -1.88. The van der Waals surface area contributed by atoms with Crippen molar-refractivity contribution in [1.82, 2.24) is 4.57 Å². The van der Waals surface area contributed by atoms with Crippen LogP contribution in [0.15, 0.2) is 27.7 Å². The number of ether oxygens (including phenoxy) is 1. The van der Waals surface area contributed by atoms with Crippen LogP contribution in [0.5, 0.6) is 0 Å². The number of hydrogen-bond acceptors (Lipinski definition) is 4. The minimum absolute atomic E-state index is 0.100. The fourth-order valence-electron chi connectivity index (χ4n) is 2.55. The number of carbonyl (C=O) groups is 1. The first kappa shape index (κ1) is 15.5. The van der Waals surface area contributed by atoms with E-state index >= 15 is 0 Å². The number of pyridine rings is 1. The van der Waals surface area contributed by atoms with Crippen molar-refractivity contribution in [2.24, 2.45) is 0 Å². The highest BCUT2D eigenvalue weighted by atomic mass is 32.1. The van der Waals surface area contributed by atoms with Crippen molar-refractivity contribution in [3.05, 3.63) is 55.6 Å². The van der Waals surface area contributed by atoms with Crippen molar-refractivity contribution in [3.8, 4) is 0 Å². The van der Waals surface area contributed by atoms with Gasteiger partial charge >= 0.3 is 5.97 Å². The van der Waals surface area contributed by atoms with E-state index in [0.29, 0.717) is 23.4 Å². The smallest absolute Gasteiger partial charge is 0.340 e. The molecule has 21 heavy (non-hydrogen) atoms. The molecule has 0 saturated heterocycles. The van der Waals surface area contributed by atoms with E-state index in [1.807, 2.05) is 23.8 Å². The van der Waals surface area contributed by atoms with Crippen LogP contribution in [0.25, 0.3) is 0 Å². The van der Waals surface area contributed by atoms with Crippen LogP contribution in [0.4, 0.5) is 0 Å². The second kappa shape index (κ2) is 6.26. The van der Waals surface area contributed by atoms with Gasteiger partial charge in [0.05, 0.1) is 18.2 Å². The standard InChI is InChI=1S/C16H19NO3S/c1-5-20-16(19)15-10(2)8-14(18)17(12(15)4)11(3)13-6-7-21-9-13/h6-9,11H,5H2,1-4H3. The van der Waals surface area contributed by atoms with Crippen molar-refractivity contribution < 1.29 is 9.53 Å². The minimum Gasteiger partial charge on any atom is -0.462 e. The molecule has 0 bridgehead atoms. The topological polar surface area (TPSA) is 48.3 Å². The van der Waals surface area contributed by atoms with Gasteiger partial charge in [0.1, 0.15) is 0 Å². The first-order valence-electron chi connectivity index (χ1n) is 6.89. The maximum atomic E-state index is 12.3. The largest absolute Gasteiger partial charge is 0.462 e. The molecule has 0 amide bonds. The van der Waals surface area contributed by atoms with Gasteiger partial charge in [0.15, 0.2) is 0 Å². The molecule has 0 N–H and O–H groups in total. The molecular weight excluding hydrogens is 286 g/mol. The van der Waals surface area contributed by atoms with Crippen molar-refractivity contribution >= 4 is 17.3 Å². The van der Waals surface area contributed by atoms with E-state index in [0.717, 1.165) is 5.56 Å². The lowest BCUT2D eigenvalue weighted by atomic mass is 10.1. The molecule has 0 radical (unpaired) electrons. The highest BCUT2D eigenvalue weighted by molar-refractivity contribution is 7.07. The molecule has 0 aliphatic heterocycles. The molecule has 2 heterocycles. The number of thiophene rings is 1. The van der Waals surface area contributed by atoms with Gasteiger partial charge < -0.3 is 9.30 Å². The summed E-state index contributed by atoms with van der Waals surface area (Å²) in [6.45, 7) is 7.61. The number of rotatable bonds is 4. The summed E-state index contributed by atoms with van der Waals surface area (Å²) in [7, 11) is 0. The highest BCUT2D eigenvalue weighted by Gasteiger charge is 2.21. The van der Waals surface area contributed by atoms with Crippen molar-refractivity contribution in [1.29, 1.82) is 0 Å². The number of carbonyl (C=O) groups excluding carboxylic acids is 1. The second-order valence-corrected chi connectivity index (χ2v) is 5.73. The van der Waals surface area contributed by atoms with Crippen molar-refractivity contribution in [2.45, 2.75) is 33.7 Å². The molecule has 112 valence electrons. The number of nitrogens with zero attached hydrogens (tertiary/aromatic N) is 1. The van der Waals surface area contributed by atoms with Crippen LogP contribution in [0, 0.1) is 13.8 Å². The predicted octanol–water partition coefficient (Wildman–Crippen LogP) is 3.31. The monoisotopic (exact) mass is 305 g/mol. The molecule has 0 aromatic carbocycles. The minimum atomic E-state index is -0.376. The Balaban J connectivity index is 2.59. The van der Waals surface area contributed by atoms with Gasteiger partial charge in [-0.3, -0.25) is 4.79 Å². The molecule has 0 aliphatic rings. The maximum absolute atomic E-state index is 12.3. The van der Waals surface area contributed by atoms with Crippen molar-refractivity contribution in [2.75, 3.05) is 6.61 Å². The van der Waals surface area contributed by atoms with Crippen LogP contribution >= 0.6 is 11.3 Å². The first-order valence-corrected chi connectivity index (χ1v) is 7.83. The van der Waals surface area contributed by atoms with E-state index in [1.165, 1.54) is 6.07 Å². The molecule has 1 atom stereocenters. The molecular formula is C16H19NO3S. The van der Waals surface area contributed by atoms with Crippen LogP contribution in [-0.2, 0) is 4.74 Å². The van der Waals surface area contributed by atoms with Gasteiger partial charge in [-0.15, -0.1) is 0 Å². The van der Waals surface area contributed by atoms with Crippen LogP contribution in [0.3, 0.4) is 0 Å². The van der Waals surface area contributed by atoms with Crippen LogP contribution < -0.4 is 5.56 Å². The number of hydrogen-bond donors (Lipinski definition) is 0. The van der Waals surface area contributed by atoms with E-state index in [1.54, 1.807) is 36.7 Å². The summed E-state index contributed by atoms with van der Waals surface area (Å²) in [5, 5.41) is 3.99. The lowest BCUT2D eigenvalue weighted by molar-refractivity contribution is 0.0523. The zero-order chi connectivity index (χ0) is 15.6. The van der Waals surface area contributed by atoms with E-state index in [4.69, 9.17) is 4.74 Å². The predicted molar refractivity (Wildman–Crippen MR) is 84.3 cm³/mol. The third-order valence-corrected chi connectivity index (χ3v) is 4.29. The van der Waals surface area contributed by atoms with Gasteiger partial charge in [-0.05, 0) is 55.6 Å². The van der Waals surface area contributed by atoms with E-state index in [9.17, 15) is 9.59 Å². The summed E-state index contributed by atoms with van der Waals surface area (Å²) in [5.74, 6) is -0.376. The molecule has 1 unspecified atom stereocenters. The molecule has 5 heteroatoms. The van der Waals surface area contributed by atoms with Gasteiger partial charge in [-0.25, -0.2) is 4.79 Å². The Morgan fingerprint density at radius 1 is 1.43 bits per heavy atom. The maximum Gasteiger partial charge on any atom is 0.340 e. The third-order valence-electron chi connectivity index (χ3n) is 3.59. The average molecular weight is 305 g/mol. The van der Waals surface area contributed by atoms with Gasteiger partial charge in [-0.2, -0.15) is 11.3 Å². The quantitative estimate of drug-likeness (QED) is 0.814. The summed E-state index contributed by atoms with van der Waals surface area (Å²) in [6, 6.07) is 3.38. The Bertz CT molecular complexity index is 701. The zero-order valence-corrected chi connectivity index (χ0v) is 13.5. The number of aryl methyl sites for hydroxylation is 1. The molecule has 2 aromatic rings. The summed E-state index contributed by atoms with van der Waals surface area (Å²) in [6.07, 6.45) is 0. The molecule has 4 nitrogen and oxygen atoms in total. The Morgan fingerprint density at radius 3 is 2.71 bits per heavy atom. The Labute approximate surface area is 128 Å². The molecule has 2 aromatic heterocycles. The fraction of sp³-hybridized carbons (Fsp3) is 0.375. The number of esters is 1. The van der Waals surface area contributed by atoms with Crippen LogP contribution in [0.1, 0.15) is 47.1 Å².